The number of nitrogens with zero attached hydrogens (tertiary/aromatic N) is 2. The summed E-state index contributed by atoms with van der Waals surface area (Å²) in [6.45, 7) is 2.82. The third-order valence-electron chi connectivity index (χ3n) is 3.11. The van der Waals surface area contributed by atoms with Gasteiger partial charge in [0.25, 0.3) is 0 Å². The molecule has 1 aromatic rings. The molecule has 1 aliphatic heterocycles. The summed E-state index contributed by atoms with van der Waals surface area (Å²) in [6.07, 6.45) is 2.74. The molecule has 0 saturated carbocycles. The van der Waals surface area contributed by atoms with Crippen LogP contribution in [-0.4, -0.2) is 18.8 Å². The van der Waals surface area contributed by atoms with Gasteiger partial charge in [-0.15, -0.1) is 0 Å². The summed E-state index contributed by atoms with van der Waals surface area (Å²) in [5, 5.41) is 21.0. The van der Waals surface area contributed by atoms with E-state index in [9.17, 15) is 0 Å². The van der Waals surface area contributed by atoms with E-state index in [0.29, 0.717) is 17.2 Å². The second-order valence-corrected chi connectivity index (χ2v) is 4.51. The molecule has 0 bridgehead atoms. The van der Waals surface area contributed by atoms with E-state index < -0.39 is 0 Å². The first kappa shape index (κ1) is 12.4. The molecule has 1 aromatic carbocycles. The molecule has 0 amide bonds. The lowest BCUT2D eigenvalue weighted by atomic mass is 10.1. The van der Waals surface area contributed by atoms with E-state index in [4.69, 9.17) is 15.3 Å². The highest BCUT2D eigenvalue weighted by Gasteiger charge is 2.21. The van der Waals surface area contributed by atoms with Crippen molar-refractivity contribution < 1.29 is 4.74 Å². The van der Waals surface area contributed by atoms with Gasteiger partial charge in [-0.1, -0.05) is 0 Å². The summed E-state index contributed by atoms with van der Waals surface area (Å²) >= 11 is 0. The van der Waals surface area contributed by atoms with Gasteiger partial charge in [0.15, 0.2) is 0 Å². The van der Waals surface area contributed by atoms with Gasteiger partial charge in [-0.3, -0.25) is 0 Å². The third-order valence-corrected chi connectivity index (χ3v) is 3.11. The Morgan fingerprint density at radius 2 is 2.06 bits per heavy atom. The Kier molecular flexibility index (Phi) is 3.82. The second-order valence-electron chi connectivity index (χ2n) is 4.51. The molecule has 2 rings (SSSR count). The maximum Gasteiger partial charge on any atom is 0.101 e. The van der Waals surface area contributed by atoms with Crippen molar-refractivity contribution in [2.75, 3.05) is 11.9 Å². The highest BCUT2D eigenvalue weighted by Crippen LogP contribution is 2.20. The molecule has 2 unspecified atom stereocenters. The van der Waals surface area contributed by atoms with Crippen LogP contribution in [0.25, 0.3) is 0 Å². The van der Waals surface area contributed by atoms with Crippen LogP contribution in [0.4, 0.5) is 5.69 Å². The van der Waals surface area contributed by atoms with Crippen molar-refractivity contribution >= 4 is 5.69 Å². The molecule has 1 saturated heterocycles. The monoisotopic (exact) mass is 241 g/mol. The molecular weight excluding hydrogens is 226 g/mol. The van der Waals surface area contributed by atoms with E-state index in [1.54, 1.807) is 12.1 Å². The quantitative estimate of drug-likeness (QED) is 0.882. The highest BCUT2D eigenvalue weighted by atomic mass is 16.5. The van der Waals surface area contributed by atoms with Crippen LogP contribution in [0, 0.1) is 22.7 Å². The van der Waals surface area contributed by atoms with Gasteiger partial charge in [0.05, 0.1) is 23.3 Å². The van der Waals surface area contributed by atoms with Gasteiger partial charge in [-0.25, -0.2) is 0 Å². The summed E-state index contributed by atoms with van der Waals surface area (Å²) in [6, 6.07) is 9.22. The van der Waals surface area contributed by atoms with Gasteiger partial charge in [-0.05, 0) is 38.0 Å². The molecule has 1 fully saturated rings. The zero-order valence-corrected chi connectivity index (χ0v) is 10.3. The first-order chi connectivity index (χ1) is 8.72. The predicted octanol–water partition coefficient (Wildman–Crippen LogP) is 2.41. The van der Waals surface area contributed by atoms with E-state index in [1.807, 2.05) is 18.2 Å². The number of nitrogens with one attached hydrogen (secondary N) is 1. The molecule has 18 heavy (non-hydrogen) atoms. The third kappa shape index (κ3) is 2.80. The zero-order chi connectivity index (χ0) is 13.0. The minimum absolute atomic E-state index is 0.237. The van der Waals surface area contributed by atoms with Gasteiger partial charge < -0.3 is 10.1 Å². The Morgan fingerprint density at radius 3 is 2.67 bits per heavy atom. The molecule has 92 valence electrons. The topological polar surface area (TPSA) is 68.8 Å². The fourth-order valence-electron chi connectivity index (χ4n) is 2.11. The lowest BCUT2D eigenvalue weighted by Crippen LogP contribution is -2.19. The summed E-state index contributed by atoms with van der Waals surface area (Å²) in [4.78, 5) is 0. The fourth-order valence-corrected chi connectivity index (χ4v) is 2.11. The number of rotatable bonds is 3. The van der Waals surface area contributed by atoms with E-state index in [-0.39, 0.29) is 6.10 Å². The van der Waals surface area contributed by atoms with Crippen molar-refractivity contribution in [2.24, 2.45) is 0 Å². The molecule has 2 atom stereocenters. The Bertz CT molecular complexity index is 513. The number of hydrogen-bond acceptors (Lipinski definition) is 4. The van der Waals surface area contributed by atoms with Crippen LogP contribution in [0.15, 0.2) is 18.2 Å². The number of ether oxygens (including phenoxy) is 1. The molecule has 1 N–H and O–H groups in total. The summed E-state index contributed by atoms with van der Waals surface area (Å²) in [7, 11) is 0. The van der Waals surface area contributed by atoms with Crippen molar-refractivity contribution in [3.8, 4) is 12.1 Å². The van der Waals surface area contributed by atoms with E-state index in [0.717, 1.165) is 25.1 Å². The maximum atomic E-state index is 8.93. The molecule has 1 aliphatic rings. The van der Waals surface area contributed by atoms with Crippen molar-refractivity contribution in [3.63, 3.8) is 0 Å². The number of benzene rings is 1. The number of hydrogen-bond donors (Lipinski definition) is 1. The normalized spacial score (nSPS) is 22.2. The van der Waals surface area contributed by atoms with Crippen molar-refractivity contribution in [3.05, 3.63) is 29.3 Å². The van der Waals surface area contributed by atoms with Crippen LogP contribution in [0.3, 0.4) is 0 Å². The van der Waals surface area contributed by atoms with Crippen LogP contribution < -0.4 is 5.32 Å². The lowest BCUT2D eigenvalue weighted by molar-refractivity contribution is 0.0637. The maximum absolute atomic E-state index is 8.93. The summed E-state index contributed by atoms with van der Waals surface area (Å²) in [5.41, 5.74) is 1.67. The largest absolute Gasteiger partial charge is 0.382 e. The summed E-state index contributed by atoms with van der Waals surface area (Å²) in [5.74, 6) is 0. The first-order valence-corrected chi connectivity index (χ1v) is 6.06. The van der Waals surface area contributed by atoms with E-state index in [1.165, 1.54) is 0 Å². The molecular formula is C14H15N3O. The Balaban J connectivity index is 1.98. The molecule has 0 aliphatic carbocycles. The SMILES string of the molecule is CC1CCC(CNc2ccc(C#N)c(C#N)c2)O1. The van der Waals surface area contributed by atoms with Gasteiger partial charge in [0.1, 0.15) is 12.1 Å². The van der Waals surface area contributed by atoms with Crippen molar-refractivity contribution in [2.45, 2.75) is 32.0 Å². The summed E-state index contributed by atoms with van der Waals surface area (Å²) < 4.78 is 5.70. The fraction of sp³-hybridized carbons (Fsp3) is 0.429. The Hall–Kier alpha value is -2.04. The lowest BCUT2D eigenvalue weighted by Gasteiger charge is -2.13. The second kappa shape index (κ2) is 5.53. The van der Waals surface area contributed by atoms with Gasteiger partial charge >= 0.3 is 0 Å². The standard InChI is InChI=1S/C14H15N3O/c1-10-2-5-14(18-10)9-17-13-4-3-11(7-15)12(6-13)8-16/h3-4,6,10,14,17H,2,5,9H2,1H3. The van der Waals surface area contributed by atoms with Crippen LogP contribution in [0.1, 0.15) is 30.9 Å². The number of anilines is 1. The van der Waals surface area contributed by atoms with Gasteiger partial charge in [-0.2, -0.15) is 10.5 Å². The predicted molar refractivity (Wildman–Crippen MR) is 67.9 cm³/mol. The molecule has 1 heterocycles. The van der Waals surface area contributed by atoms with Crippen molar-refractivity contribution in [1.82, 2.24) is 0 Å². The highest BCUT2D eigenvalue weighted by molar-refractivity contribution is 5.56. The molecule has 4 heteroatoms. The minimum atomic E-state index is 0.237. The average Bonchev–Trinajstić information content (AvgIpc) is 2.81. The molecule has 0 spiro atoms. The van der Waals surface area contributed by atoms with Crippen molar-refractivity contribution in [1.29, 1.82) is 10.5 Å². The van der Waals surface area contributed by atoms with Gasteiger partial charge in [0.2, 0.25) is 0 Å². The molecule has 0 radical (unpaired) electrons. The molecule has 0 aromatic heterocycles. The zero-order valence-electron chi connectivity index (χ0n) is 10.3. The molecule has 4 nitrogen and oxygen atoms in total. The van der Waals surface area contributed by atoms with Crippen LogP contribution in [0.5, 0.6) is 0 Å². The minimum Gasteiger partial charge on any atom is -0.382 e. The van der Waals surface area contributed by atoms with E-state index >= 15 is 0 Å². The number of nitriles is 2. The van der Waals surface area contributed by atoms with Crippen LogP contribution in [0.2, 0.25) is 0 Å². The smallest absolute Gasteiger partial charge is 0.101 e. The Morgan fingerprint density at radius 1 is 1.28 bits per heavy atom. The van der Waals surface area contributed by atoms with Crippen LogP contribution in [-0.2, 0) is 4.74 Å². The van der Waals surface area contributed by atoms with Crippen LogP contribution >= 0.6 is 0 Å². The Labute approximate surface area is 107 Å². The van der Waals surface area contributed by atoms with Gasteiger partial charge in [0, 0.05) is 12.2 Å². The first-order valence-electron chi connectivity index (χ1n) is 6.06. The average molecular weight is 241 g/mol. The van der Waals surface area contributed by atoms with E-state index in [2.05, 4.69) is 12.2 Å².